The summed E-state index contributed by atoms with van der Waals surface area (Å²) in [6.07, 6.45) is 4.51. The van der Waals surface area contributed by atoms with Gasteiger partial charge in [0.25, 0.3) is 0 Å². The summed E-state index contributed by atoms with van der Waals surface area (Å²) < 4.78 is 5.68. The van der Waals surface area contributed by atoms with E-state index in [0.29, 0.717) is 10.9 Å². The van der Waals surface area contributed by atoms with E-state index in [-0.39, 0.29) is 12.0 Å². The first-order chi connectivity index (χ1) is 12.8. The third-order valence-electron chi connectivity index (χ3n) is 4.29. The van der Waals surface area contributed by atoms with Crippen molar-refractivity contribution in [3.05, 3.63) is 24.3 Å². The molecule has 1 amide bonds. The Hall–Kier alpha value is -1.86. The molecular formula is C19H26N4O2S. The van der Waals surface area contributed by atoms with Crippen molar-refractivity contribution >= 4 is 34.4 Å². The number of anilines is 1. The van der Waals surface area contributed by atoms with Gasteiger partial charge in [0.15, 0.2) is 5.16 Å². The van der Waals surface area contributed by atoms with Crippen molar-refractivity contribution in [3.8, 4) is 0 Å². The van der Waals surface area contributed by atoms with Gasteiger partial charge >= 0.3 is 0 Å². The molecule has 3 rings (SSSR count). The number of carbonyl (C=O) groups excluding carboxylic acids is 1. The lowest BCUT2D eigenvalue weighted by molar-refractivity contribution is -0.118. The Labute approximate surface area is 158 Å². The van der Waals surface area contributed by atoms with E-state index >= 15 is 0 Å². The number of amides is 1. The molecule has 1 saturated heterocycles. The fraction of sp³-hybridized carbons (Fsp3) is 0.526. The summed E-state index contributed by atoms with van der Waals surface area (Å²) in [6, 6.07) is 7.93. The predicted octanol–water partition coefficient (Wildman–Crippen LogP) is 3.23. The Morgan fingerprint density at radius 1 is 1.35 bits per heavy atom. The van der Waals surface area contributed by atoms with Crippen LogP contribution in [0.5, 0.6) is 0 Å². The standard InChI is InChI=1S/C19H26N4O2S/c1-2-3-10-20-17(24)13-26-19-22-16-9-5-4-8-15(16)18(23-19)21-12-14-7-6-11-25-14/h4-5,8-9,14H,2-3,6-7,10-13H2,1H3,(H,20,24)(H,21,22,23)/t14-/m1/s1. The molecule has 0 saturated carbocycles. The van der Waals surface area contributed by atoms with Gasteiger partial charge in [-0.1, -0.05) is 37.2 Å². The molecule has 7 heteroatoms. The molecule has 1 fully saturated rings. The maximum absolute atomic E-state index is 11.9. The molecule has 1 aromatic carbocycles. The van der Waals surface area contributed by atoms with Crippen LogP contribution in [0.2, 0.25) is 0 Å². The molecule has 2 aromatic rings. The Morgan fingerprint density at radius 3 is 3.04 bits per heavy atom. The third kappa shape index (κ3) is 5.32. The van der Waals surface area contributed by atoms with Gasteiger partial charge in [0.2, 0.25) is 5.91 Å². The van der Waals surface area contributed by atoms with E-state index in [9.17, 15) is 4.79 Å². The lowest BCUT2D eigenvalue weighted by atomic mass is 10.2. The summed E-state index contributed by atoms with van der Waals surface area (Å²) in [6.45, 7) is 4.41. The highest BCUT2D eigenvalue weighted by atomic mass is 32.2. The lowest BCUT2D eigenvalue weighted by Crippen LogP contribution is -2.26. The Bertz CT molecular complexity index is 735. The number of nitrogens with zero attached hydrogens (tertiary/aromatic N) is 2. The fourth-order valence-corrected chi connectivity index (χ4v) is 3.54. The quantitative estimate of drug-likeness (QED) is 0.399. The minimum atomic E-state index is 0.0223. The average Bonchev–Trinajstić information content (AvgIpc) is 3.18. The molecule has 0 radical (unpaired) electrons. The van der Waals surface area contributed by atoms with Gasteiger partial charge in [0.1, 0.15) is 5.82 Å². The molecular weight excluding hydrogens is 348 g/mol. The molecule has 2 N–H and O–H groups in total. The van der Waals surface area contributed by atoms with Crippen LogP contribution in [0.1, 0.15) is 32.6 Å². The van der Waals surface area contributed by atoms with Crippen LogP contribution in [0.15, 0.2) is 29.4 Å². The van der Waals surface area contributed by atoms with E-state index in [4.69, 9.17) is 4.74 Å². The summed E-state index contributed by atoms with van der Waals surface area (Å²) in [5.41, 5.74) is 0.881. The predicted molar refractivity (Wildman–Crippen MR) is 106 cm³/mol. The van der Waals surface area contributed by atoms with Crippen molar-refractivity contribution in [3.63, 3.8) is 0 Å². The number of benzene rings is 1. The number of hydrogen-bond acceptors (Lipinski definition) is 6. The second kappa shape index (κ2) is 9.73. The maximum atomic E-state index is 11.9. The SMILES string of the molecule is CCCCNC(=O)CSc1nc(NC[C@H]2CCCO2)c2ccccc2n1. The van der Waals surface area contributed by atoms with Gasteiger partial charge < -0.3 is 15.4 Å². The number of hydrogen-bond donors (Lipinski definition) is 2. The maximum Gasteiger partial charge on any atom is 0.230 e. The van der Waals surface area contributed by atoms with Crippen molar-refractivity contribution in [2.24, 2.45) is 0 Å². The van der Waals surface area contributed by atoms with Gasteiger partial charge in [0, 0.05) is 25.1 Å². The number of carbonyl (C=O) groups is 1. The monoisotopic (exact) mass is 374 g/mol. The van der Waals surface area contributed by atoms with E-state index in [0.717, 1.165) is 62.1 Å². The highest BCUT2D eigenvalue weighted by Gasteiger charge is 2.16. The topological polar surface area (TPSA) is 76.1 Å². The molecule has 1 aliphatic heterocycles. The number of para-hydroxylation sites is 1. The number of fused-ring (bicyclic) bond motifs is 1. The van der Waals surface area contributed by atoms with Crippen LogP contribution >= 0.6 is 11.8 Å². The Kier molecular flexibility index (Phi) is 7.08. The molecule has 0 aliphatic carbocycles. The molecule has 140 valence electrons. The number of aromatic nitrogens is 2. The zero-order valence-electron chi connectivity index (χ0n) is 15.2. The van der Waals surface area contributed by atoms with Crippen LogP contribution in [0.4, 0.5) is 5.82 Å². The second-order valence-corrected chi connectivity index (χ2v) is 7.32. The van der Waals surface area contributed by atoms with Crippen molar-refractivity contribution in [2.75, 3.05) is 30.8 Å². The first-order valence-electron chi connectivity index (χ1n) is 9.28. The molecule has 0 unspecified atom stereocenters. The zero-order chi connectivity index (χ0) is 18.2. The fourth-order valence-electron chi connectivity index (χ4n) is 2.86. The van der Waals surface area contributed by atoms with Gasteiger partial charge in [-0.2, -0.15) is 0 Å². The first kappa shape index (κ1) is 18.9. The van der Waals surface area contributed by atoms with Crippen LogP contribution in [0, 0.1) is 0 Å². The van der Waals surface area contributed by atoms with Gasteiger partial charge in [0.05, 0.1) is 17.4 Å². The van der Waals surface area contributed by atoms with E-state index in [1.54, 1.807) is 0 Å². The van der Waals surface area contributed by atoms with Crippen molar-refractivity contribution < 1.29 is 9.53 Å². The third-order valence-corrected chi connectivity index (χ3v) is 5.14. The molecule has 1 aliphatic rings. The van der Waals surface area contributed by atoms with Crippen LogP contribution in [-0.2, 0) is 9.53 Å². The number of unbranched alkanes of at least 4 members (excludes halogenated alkanes) is 1. The van der Waals surface area contributed by atoms with E-state index in [1.165, 1.54) is 11.8 Å². The number of rotatable bonds is 9. The number of nitrogens with one attached hydrogen (secondary N) is 2. The minimum Gasteiger partial charge on any atom is -0.376 e. The summed E-state index contributed by atoms with van der Waals surface area (Å²) in [4.78, 5) is 21.1. The largest absolute Gasteiger partial charge is 0.376 e. The summed E-state index contributed by atoms with van der Waals surface area (Å²) in [5, 5.41) is 7.93. The molecule has 6 nitrogen and oxygen atoms in total. The summed E-state index contributed by atoms with van der Waals surface area (Å²) in [7, 11) is 0. The normalized spacial score (nSPS) is 16.7. The average molecular weight is 375 g/mol. The van der Waals surface area contributed by atoms with Gasteiger partial charge in [-0.05, 0) is 31.4 Å². The van der Waals surface area contributed by atoms with E-state index < -0.39 is 0 Å². The van der Waals surface area contributed by atoms with E-state index in [2.05, 4.69) is 27.5 Å². The molecule has 26 heavy (non-hydrogen) atoms. The van der Waals surface area contributed by atoms with Crippen LogP contribution in [-0.4, -0.2) is 47.4 Å². The molecule has 0 bridgehead atoms. The minimum absolute atomic E-state index is 0.0223. The van der Waals surface area contributed by atoms with E-state index in [1.807, 2.05) is 24.3 Å². The van der Waals surface area contributed by atoms with Crippen LogP contribution < -0.4 is 10.6 Å². The molecule has 1 atom stereocenters. The van der Waals surface area contributed by atoms with Gasteiger partial charge in [-0.15, -0.1) is 0 Å². The lowest BCUT2D eigenvalue weighted by Gasteiger charge is -2.14. The van der Waals surface area contributed by atoms with Crippen LogP contribution in [0.25, 0.3) is 10.9 Å². The van der Waals surface area contributed by atoms with Crippen molar-refractivity contribution in [2.45, 2.75) is 43.9 Å². The Balaban J connectivity index is 1.66. The highest BCUT2D eigenvalue weighted by molar-refractivity contribution is 7.99. The smallest absolute Gasteiger partial charge is 0.230 e. The molecule has 1 aromatic heterocycles. The summed E-state index contributed by atoms with van der Waals surface area (Å²) in [5.74, 6) is 1.15. The highest BCUT2D eigenvalue weighted by Crippen LogP contribution is 2.25. The molecule has 0 spiro atoms. The number of thioether (sulfide) groups is 1. The zero-order valence-corrected chi connectivity index (χ0v) is 16.0. The van der Waals surface area contributed by atoms with Crippen LogP contribution in [0.3, 0.4) is 0 Å². The van der Waals surface area contributed by atoms with Crippen molar-refractivity contribution in [1.29, 1.82) is 0 Å². The molecule has 2 heterocycles. The Morgan fingerprint density at radius 2 is 2.23 bits per heavy atom. The second-order valence-electron chi connectivity index (χ2n) is 6.38. The van der Waals surface area contributed by atoms with Gasteiger partial charge in [-0.25, -0.2) is 9.97 Å². The van der Waals surface area contributed by atoms with Crippen molar-refractivity contribution in [1.82, 2.24) is 15.3 Å². The summed E-state index contributed by atoms with van der Waals surface area (Å²) >= 11 is 1.37. The van der Waals surface area contributed by atoms with Gasteiger partial charge in [-0.3, -0.25) is 4.79 Å². The first-order valence-corrected chi connectivity index (χ1v) is 10.3. The number of ether oxygens (including phenoxy) is 1.